The lowest BCUT2D eigenvalue weighted by atomic mass is 10.1. The minimum Gasteiger partial charge on any atom is -0.497 e. The fraction of sp³-hybridized carbons (Fsp3) is 0.0435. The molecule has 0 aliphatic heterocycles. The molecule has 0 fully saturated rings. The Bertz CT molecular complexity index is 1230. The Labute approximate surface area is 198 Å². The van der Waals surface area contributed by atoms with E-state index < -0.39 is 16.7 Å². The molecular weight excluding hydrogens is 469 g/mol. The zero-order chi connectivity index (χ0) is 24.0. The van der Waals surface area contributed by atoms with E-state index in [0.717, 1.165) is 0 Å². The molecule has 0 atom stereocenters. The second-order valence-corrected chi connectivity index (χ2v) is 7.51. The fourth-order valence-corrected chi connectivity index (χ4v) is 3.13. The SMILES string of the molecule is COc1ccc(C(=O)NC(=Cc2ccc([N+](=O)[O-])cc2)C(=O)Nc2ccc(Cl)cc2)c(Cl)c1. The van der Waals surface area contributed by atoms with Gasteiger partial charge in [0, 0.05) is 22.8 Å². The van der Waals surface area contributed by atoms with Crippen LogP contribution in [-0.4, -0.2) is 23.8 Å². The highest BCUT2D eigenvalue weighted by Gasteiger charge is 2.18. The Kier molecular flexibility index (Phi) is 7.66. The third-order valence-corrected chi connectivity index (χ3v) is 5.00. The van der Waals surface area contributed by atoms with Crippen molar-refractivity contribution in [2.45, 2.75) is 0 Å². The van der Waals surface area contributed by atoms with Gasteiger partial charge in [-0.05, 0) is 66.2 Å². The molecule has 2 amide bonds. The van der Waals surface area contributed by atoms with Crippen LogP contribution in [0.25, 0.3) is 6.08 Å². The van der Waals surface area contributed by atoms with Crippen molar-refractivity contribution in [2.24, 2.45) is 0 Å². The molecule has 0 bridgehead atoms. The number of nitrogens with one attached hydrogen (secondary N) is 2. The van der Waals surface area contributed by atoms with Gasteiger partial charge in [0.2, 0.25) is 0 Å². The molecule has 10 heteroatoms. The standard InChI is InChI=1S/C23H17Cl2N3O5/c1-33-18-10-11-19(20(25)13-18)22(29)27-21(12-14-2-8-17(9-3-14)28(31)32)23(30)26-16-6-4-15(24)5-7-16/h2-13H,1H3,(H,26,30)(H,27,29). The predicted octanol–water partition coefficient (Wildman–Crippen LogP) is 5.32. The van der Waals surface area contributed by atoms with Gasteiger partial charge in [-0.25, -0.2) is 0 Å². The molecule has 168 valence electrons. The van der Waals surface area contributed by atoms with Crippen LogP contribution in [0.15, 0.2) is 72.4 Å². The summed E-state index contributed by atoms with van der Waals surface area (Å²) >= 11 is 12.1. The number of nitro groups is 1. The number of anilines is 1. The maximum absolute atomic E-state index is 12.9. The Hall–Kier alpha value is -3.88. The average molecular weight is 486 g/mol. The summed E-state index contributed by atoms with van der Waals surface area (Å²) in [4.78, 5) is 36.1. The number of halogens is 2. The quantitative estimate of drug-likeness (QED) is 0.267. The number of ether oxygens (including phenoxy) is 1. The van der Waals surface area contributed by atoms with Crippen LogP contribution in [0.2, 0.25) is 10.0 Å². The summed E-state index contributed by atoms with van der Waals surface area (Å²) in [5.41, 5.74) is 0.842. The van der Waals surface area contributed by atoms with Crippen LogP contribution in [0.1, 0.15) is 15.9 Å². The number of carbonyl (C=O) groups is 2. The number of nitro benzene ring substituents is 1. The average Bonchev–Trinajstić information content (AvgIpc) is 2.80. The first kappa shape index (κ1) is 23.8. The monoisotopic (exact) mass is 485 g/mol. The number of hydrogen-bond donors (Lipinski definition) is 2. The summed E-state index contributed by atoms with van der Waals surface area (Å²) < 4.78 is 5.08. The third kappa shape index (κ3) is 6.31. The molecule has 0 saturated carbocycles. The van der Waals surface area contributed by atoms with Gasteiger partial charge in [-0.2, -0.15) is 0 Å². The number of nitrogens with zero attached hydrogens (tertiary/aromatic N) is 1. The summed E-state index contributed by atoms with van der Waals surface area (Å²) in [6.45, 7) is 0. The van der Waals surface area contributed by atoms with Crippen molar-refractivity contribution in [2.75, 3.05) is 12.4 Å². The summed E-state index contributed by atoms with van der Waals surface area (Å²) in [6, 6.07) is 16.4. The Morgan fingerprint density at radius 3 is 2.24 bits per heavy atom. The maximum atomic E-state index is 12.9. The van der Waals surface area contributed by atoms with Crippen LogP contribution >= 0.6 is 23.2 Å². The number of methoxy groups -OCH3 is 1. The first-order valence-corrected chi connectivity index (χ1v) is 10.2. The molecule has 2 N–H and O–H groups in total. The van der Waals surface area contributed by atoms with Crippen molar-refractivity contribution >= 4 is 52.5 Å². The summed E-state index contributed by atoms with van der Waals surface area (Å²) in [7, 11) is 1.47. The van der Waals surface area contributed by atoms with Crippen LogP contribution in [-0.2, 0) is 4.79 Å². The lowest BCUT2D eigenvalue weighted by molar-refractivity contribution is -0.384. The highest BCUT2D eigenvalue weighted by atomic mass is 35.5. The van der Waals surface area contributed by atoms with Gasteiger partial charge in [0.1, 0.15) is 11.4 Å². The highest BCUT2D eigenvalue weighted by Crippen LogP contribution is 2.23. The molecule has 0 heterocycles. The maximum Gasteiger partial charge on any atom is 0.272 e. The van der Waals surface area contributed by atoms with E-state index in [2.05, 4.69) is 10.6 Å². The smallest absolute Gasteiger partial charge is 0.272 e. The van der Waals surface area contributed by atoms with Crippen molar-refractivity contribution in [3.63, 3.8) is 0 Å². The first-order chi connectivity index (χ1) is 15.8. The molecular formula is C23H17Cl2N3O5. The van der Waals surface area contributed by atoms with Gasteiger partial charge >= 0.3 is 0 Å². The molecule has 3 aromatic carbocycles. The molecule has 8 nitrogen and oxygen atoms in total. The van der Waals surface area contributed by atoms with Crippen LogP contribution in [0.5, 0.6) is 5.75 Å². The molecule has 0 spiro atoms. The van der Waals surface area contributed by atoms with E-state index in [1.54, 1.807) is 30.3 Å². The van der Waals surface area contributed by atoms with E-state index in [0.29, 0.717) is 22.0 Å². The van der Waals surface area contributed by atoms with Crippen molar-refractivity contribution in [1.82, 2.24) is 5.32 Å². The van der Waals surface area contributed by atoms with E-state index in [4.69, 9.17) is 27.9 Å². The van der Waals surface area contributed by atoms with Gasteiger partial charge in [0.25, 0.3) is 17.5 Å². The second kappa shape index (κ2) is 10.6. The van der Waals surface area contributed by atoms with E-state index in [1.807, 2.05) is 0 Å². The Balaban J connectivity index is 1.91. The van der Waals surface area contributed by atoms with E-state index >= 15 is 0 Å². The zero-order valence-electron chi connectivity index (χ0n) is 17.2. The van der Waals surface area contributed by atoms with Gasteiger partial charge in [-0.15, -0.1) is 0 Å². The number of carbonyl (C=O) groups excluding carboxylic acids is 2. The van der Waals surface area contributed by atoms with E-state index in [1.165, 1.54) is 49.6 Å². The molecule has 0 aliphatic carbocycles. The normalized spacial score (nSPS) is 10.9. The van der Waals surface area contributed by atoms with Crippen LogP contribution in [0.3, 0.4) is 0 Å². The minimum atomic E-state index is -0.623. The van der Waals surface area contributed by atoms with Crippen molar-refractivity contribution in [3.05, 3.63) is 104 Å². The van der Waals surface area contributed by atoms with Gasteiger partial charge in [0.15, 0.2) is 0 Å². The zero-order valence-corrected chi connectivity index (χ0v) is 18.7. The molecule has 3 rings (SSSR count). The van der Waals surface area contributed by atoms with E-state index in [-0.39, 0.29) is 22.0 Å². The van der Waals surface area contributed by atoms with Gasteiger partial charge in [-0.1, -0.05) is 23.2 Å². The molecule has 0 saturated heterocycles. The fourth-order valence-electron chi connectivity index (χ4n) is 2.75. The summed E-state index contributed by atoms with van der Waals surface area (Å²) in [6.07, 6.45) is 1.39. The number of amides is 2. The molecule has 0 radical (unpaired) electrons. The van der Waals surface area contributed by atoms with Crippen LogP contribution in [0.4, 0.5) is 11.4 Å². The number of hydrogen-bond acceptors (Lipinski definition) is 5. The second-order valence-electron chi connectivity index (χ2n) is 6.67. The van der Waals surface area contributed by atoms with Gasteiger partial charge in [-0.3, -0.25) is 19.7 Å². The molecule has 3 aromatic rings. The minimum absolute atomic E-state index is 0.101. The lowest BCUT2D eigenvalue weighted by Gasteiger charge is -2.12. The van der Waals surface area contributed by atoms with Crippen molar-refractivity contribution in [1.29, 1.82) is 0 Å². The van der Waals surface area contributed by atoms with Gasteiger partial charge < -0.3 is 15.4 Å². The molecule has 0 aliphatic rings. The lowest BCUT2D eigenvalue weighted by Crippen LogP contribution is -2.31. The number of rotatable bonds is 7. The summed E-state index contributed by atoms with van der Waals surface area (Å²) in [5, 5.41) is 16.7. The highest BCUT2D eigenvalue weighted by molar-refractivity contribution is 6.34. The van der Waals surface area contributed by atoms with Crippen LogP contribution < -0.4 is 15.4 Å². The topological polar surface area (TPSA) is 111 Å². The number of benzene rings is 3. The first-order valence-electron chi connectivity index (χ1n) is 9.45. The molecule has 33 heavy (non-hydrogen) atoms. The van der Waals surface area contributed by atoms with Gasteiger partial charge in [0.05, 0.1) is 22.6 Å². The van der Waals surface area contributed by atoms with Crippen molar-refractivity contribution < 1.29 is 19.2 Å². The van der Waals surface area contributed by atoms with Crippen LogP contribution in [0, 0.1) is 10.1 Å². The van der Waals surface area contributed by atoms with Crippen molar-refractivity contribution in [3.8, 4) is 5.75 Å². The largest absolute Gasteiger partial charge is 0.497 e. The summed E-state index contributed by atoms with van der Waals surface area (Å²) in [5.74, 6) is -0.769. The van der Waals surface area contributed by atoms with E-state index in [9.17, 15) is 19.7 Å². The predicted molar refractivity (Wildman–Crippen MR) is 127 cm³/mol. The molecule has 0 aromatic heterocycles. The molecule has 0 unspecified atom stereocenters. The Morgan fingerprint density at radius 1 is 1.00 bits per heavy atom. The third-order valence-electron chi connectivity index (χ3n) is 4.43. The number of non-ortho nitro benzene ring substituents is 1. The Morgan fingerprint density at radius 2 is 1.67 bits per heavy atom.